The molecule has 0 amide bonds. The molecule has 3 heteroatoms. The maximum absolute atomic E-state index is 12.2. The van der Waals surface area contributed by atoms with Crippen molar-refractivity contribution in [1.29, 1.82) is 0 Å². The second-order valence-electron chi connectivity index (χ2n) is 8.13. The van der Waals surface area contributed by atoms with E-state index in [1.54, 1.807) is 0 Å². The summed E-state index contributed by atoms with van der Waals surface area (Å²) in [5, 5.41) is 4.52. The fourth-order valence-corrected chi connectivity index (χ4v) is 4.05. The molecule has 35 heavy (non-hydrogen) atoms. The van der Waals surface area contributed by atoms with Crippen molar-refractivity contribution in [3.8, 4) is 0 Å². The van der Waals surface area contributed by atoms with Crippen LogP contribution in [0.15, 0.2) is 133 Å². The molecule has 0 unspecified atom stereocenters. The van der Waals surface area contributed by atoms with E-state index in [4.69, 9.17) is 0 Å². The molecule has 0 aromatic heterocycles. The first-order valence-electron chi connectivity index (χ1n) is 11.2. The monoisotopic (exact) mass is 494 g/mol. The average Bonchev–Trinajstić information content (AvgIpc) is 3.63. The van der Waals surface area contributed by atoms with Gasteiger partial charge in [0.25, 0.3) is 0 Å². The quantitative estimate of drug-likeness (QED) is 0.144. The van der Waals surface area contributed by atoms with Gasteiger partial charge < -0.3 is 50.8 Å². The summed E-state index contributed by atoms with van der Waals surface area (Å²) in [4.78, 5) is 24.3. The molecule has 0 aliphatic carbocycles. The molecule has 0 fully saturated rings. The molecular formula is C32H22FeO2-6. The van der Waals surface area contributed by atoms with Gasteiger partial charge >= 0.3 is 0 Å². The Balaban J connectivity index is 0.000000160. The molecule has 0 radical (unpaired) electrons. The molecule has 2 nitrogen and oxygen atoms in total. The minimum absolute atomic E-state index is 0. The minimum atomic E-state index is 0. The van der Waals surface area contributed by atoms with E-state index in [0.717, 1.165) is 43.8 Å². The summed E-state index contributed by atoms with van der Waals surface area (Å²) in [5.41, 5.74) is 2.99. The second-order valence-corrected chi connectivity index (χ2v) is 8.13. The number of ketones is 2. The molecule has 0 saturated carbocycles. The van der Waals surface area contributed by atoms with E-state index in [1.807, 2.05) is 133 Å². The van der Waals surface area contributed by atoms with Crippen molar-refractivity contribution in [3.63, 3.8) is 0 Å². The van der Waals surface area contributed by atoms with Gasteiger partial charge in [0.15, 0.2) is 0 Å². The zero-order chi connectivity index (χ0) is 23.3. The Kier molecular flexibility index (Phi) is 7.52. The Morgan fingerprint density at radius 3 is 1.51 bits per heavy atom. The summed E-state index contributed by atoms with van der Waals surface area (Å²) in [6.07, 6.45) is 0. The van der Waals surface area contributed by atoms with Crippen molar-refractivity contribution >= 4 is 33.1 Å². The van der Waals surface area contributed by atoms with Gasteiger partial charge in [0.1, 0.15) is 5.78 Å². The predicted molar refractivity (Wildman–Crippen MR) is 139 cm³/mol. The summed E-state index contributed by atoms with van der Waals surface area (Å²) < 4.78 is 0. The van der Waals surface area contributed by atoms with E-state index in [2.05, 4.69) is 0 Å². The topological polar surface area (TPSA) is 34.1 Å². The SMILES string of the molecule is O=C(c1ccc2ccccc2c1)[c-]1[cH-][cH-][cH-][cH-]1.O=C(c1ccc2ccccc2c1)[c-]1cccc1.[Fe]. The molecule has 0 atom stereocenters. The van der Waals surface area contributed by atoms with Crippen LogP contribution in [0.4, 0.5) is 0 Å². The molecule has 0 heterocycles. The second kappa shape index (κ2) is 10.9. The zero-order valence-corrected chi connectivity index (χ0v) is 20.0. The van der Waals surface area contributed by atoms with E-state index in [9.17, 15) is 9.59 Å². The number of hydrogen-bond donors (Lipinski definition) is 0. The van der Waals surface area contributed by atoms with E-state index < -0.39 is 0 Å². The number of fused-ring (bicyclic) bond motifs is 2. The number of hydrogen-bond acceptors (Lipinski definition) is 2. The van der Waals surface area contributed by atoms with E-state index in [0.29, 0.717) is 0 Å². The normalized spacial score (nSPS) is 10.3. The van der Waals surface area contributed by atoms with Gasteiger partial charge in [0.05, 0.1) is 0 Å². The summed E-state index contributed by atoms with van der Waals surface area (Å²) in [5.74, 6) is 0.168. The zero-order valence-electron chi connectivity index (χ0n) is 18.9. The first kappa shape index (κ1) is 24.1. The molecule has 0 saturated heterocycles. The third-order valence-corrected chi connectivity index (χ3v) is 5.87. The standard InChI is InChI=1S/2C16H11O.Fe/c2*17-16(13-6-2-3-7-13)15-10-9-12-5-1-4-8-14(12)11-15;/h2*1-11H;/q-5;-1;. The van der Waals surface area contributed by atoms with Gasteiger partial charge in [-0.1, -0.05) is 78.4 Å². The van der Waals surface area contributed by atoms with Crippen molar-refractivity contribution < 1.29 is 26.7 Å². The minimum Gasteiger partial charge on any atom is -0.644 e. The molecule has 0 N–H and O–H groups in total. The van der Waals surface area contributed by atoms with E-state index in [1.165, 1.54) is 0 Å². The molecule has 6 aromatic carbocycles. The van der Waals surface area contributed by atoms with Crippen LogP contribution in [-0.2, 0) is 17.1 Å². The van der Waals surface area contributed by atoms with Gasteiger partial charge in [-0.05, 0) is 27.1 Å². The average molecular weight is 494 g/mol. The van der Waals surface area contributed by atoms with Crippen molar-refractivity contribution in [2.75, 3.05) is 0 Å². The Bertz CT molecular complexity index is 1450. The van der Waals surface area contributed by atoms with Crippen LogP contribution >= 0.6 is 0 Å². The third-order valence-electron chi connectivity index (χ3n) is 5.87. The fraction of sp³-hybridized carbons (Fsp3) is 0. The fourth-order valence-electron chi connectivity index (χ4n) is 4.05. The molecule has 6 aromatic rings. The van der Waals surface area contributed by atoms with Crippen LogP contribution in [0.2, 0.25) is 0 Å². The first-order valence-corrected chi connectivity index (χ1v) is 11.2. The van der Waals surface area contributed by atoms with Crippen molar-refractivity contribution in [2.45, 2.75) is 0 Å². The summed E-state index contributed by atoms with van der Waals surface area (Å²) in [6, 6.07) is 42.7. The smallest absolute Gasteiger partial charge is 0.112 e. The van der Waals surface area contributed by atoms with Crippen LogP contribution in [0, 0.1) is 0 Å². The van der Waals surface area contributed by atoms with Gasteiger partial charge in [0.2, 0.25) is 0 Å². The number of rotatable bonds is 4. The Morgan fingerprint density at radius 1 is 0.543 bits per heavy atom. The van der Waals surface area contributed by atoms with Crippen LogP contribution < -0.4 is 0 Å². The van der Waals surface area contributed by atoms with Gasteiger partial charge in [-0.25, -0.2) is 0 Å². The molecule has 0 aliphatic rings. The third kappa shape index (κ3) is 5.38. The molecule has 6 rings (SSSR count). The Morgan fingerprint density at radius 2 is 1.00 bits per heavy atom. The van der Waals surface area contributed by atoms with Crippen LogP contribution in [0.25, 0.3) is 21.5 Å². The summed E-state index contributed by atoms with van der Waals surface area (Å²) >= 11 is 0. The van der Waals surface area contributed by atoms with E-state index in [-0.39, 0.29) is 28.6 Å². The number of carbonyl (C=O) groups is 2. The van der Waals surface area contributed by atoms with Crippen LogP contribution in [0.1, 0.15) is 31.8 Å². The van der Waals surface area contributed by atoms with Crippen molar-refractivity contribution in [3.05, 3.63) is 156 Å². The molecular weight excluding hydrogens is 472 g/mol. The van der Waals surface area contributed by atoms with E-state index >= 15 is 0 Å². The summed E-state index contributed by atoms with van der Waals surface area (Å²) in [6.45, 7) is 0. The Hall–Kier alpha value is -4.04. The van der Waals surface area contributed by atoms with Gasteiger partial charge in [-0.15, -0.1) is 12.1 Å². The van der Waals surface area contributed by atoms with Gasteiger partial charge in [-0.3, -0.25) is 0 Å². The number of benzene rings is 4. The molecule has 0 spiro atoms. The molecule has 176 valence electrons. The van der Waals surface area contributed by atoms with Crippen LogP contribution in [0.5, 0.6) is 0 Å². The van der Waals surface area contributed by atoms with Gasteiger partial charge in [0, 0.05) is 17.1 Å². The van der Waals surface area contributed by atoms with Gasteiger partial charge in [-0.2, -0.15) is 24.3 Å². The van der Waals surface area contributed by atoms with Crippen molar-refractivity contribution in [2.24, 2.45) is 0 Å². The number of carbonyl (C=O) groups excluding carboxylic acids is 2. The maximum Gasteiger partial charge on any atom is 0.112 e. The van der Waals surface area contributed by atoms with Crippen LogP contribution in [0.3, 0.4) is 0 Å². The Labute approximate surface area is 215 Å². The van der Waals surface area contributed by atoms with Crippen LogP contribution in [-0.4, -0.2) is 11.6 Å². The molecule has 0 aliphatic heterocycles. The maximum atomic E-state index is 12.2. The predicted octanol–water partition coefficient (Wildman–Crippen LogP) is 7.58. The first-order chi connectivity index (χ1) is 16.7. The summed E-state index contributed by atoms with van der Waals surface area (Å²) in [7, 11) is 0. The largest absolute Gasteiger partial charge is 0.644 e. The van der Waals surface area contributed by atoms with Crippen molar-refractivity contribution in [1.82, 2.24) is 0 Å². The molecule has 0 bridgehead atoms.